The summed E-state index contributed by atoms with van der Waals surface area (Å²) in [4.78, 5) is 0. The van der Waals surface area contributed by atoms with E-state index >= 15 is 0 Å². The van der Waals surface area contributed by atoms with Crippen LogP contribution in [0.2, 0.25) is 0 Å². The van der Waals surface area contributed by atoms with Gasteiger partial charge >= 0.3 is 0 Å². The van der Waals surface area contributed by atoms with E-state index in [9.17, 15) is 0 Å². The first-order valence-electron chi connectivity index (χ1n) is 3.35. The minimum Gasteiger partial charge on any atom is -0.359 e. The van der Waals surface area contributed by atoms with Gasteiger partial charge < -0.3 is 11.1 Å². The van der Waals surface area contributed by atoms with E-state index in [1.165, 1.54) is 12.8 Å². The molecule has 1 aliphatic heterocycles. The molecule has 9 heavy (non-hydrogen) atoms. The second-order valence-electron chi connectivity index (χ2n) is 2.32. The summed E-state index contributed by atoms with van der Waals surface area (Å²) in [5, 5.41) is 3.33. The first kappa shape index (κ1) is 6.44. The quantitative estimate of drug-likeness (QED) is 0.383. The fraction of sp³-hybridized carbons (Fsp3) is 0.714. The summed E-state index contributed by atoms with van der Waals surface area (Å²) in [5.41, 5.74) is 5.02. The van der Waals surface area contributed by atoms with Gasteiger partial charge in [0.25, 0.3) is 0 Å². The molecule has 0 amide bonds. The Bertz CT molecular complexity index is 126. The van der Waals surface area contributed by atoms with E-state index in [-0.39, 0.29) is 0 Å². The maximum atomic E-state index is 5.02. The summed E-state index contributed by atoms with van der Waals surface area (Å²) in [6, 6.07) is 3.02. The number of hydrogen-bond donors (Lipinski definition) is 2. The highest BCUT2D eigenvalue weighted by molar-refractivity contribution is 4.98. The molecular weight excluding hydrogens is 112 g/mol. The minimum atomic E-state index is 0.612. The normalized spacial score (nSPS) is 25.1. The van der Waals surface area contributed by atoms with Crippen LogP contribution in [0.4, 0.5) is 0 Å². The molecule has 0 saturated carbocycles. The highest BCUT2D eigenvalue weighted by Gasteiger charge is 2.11. The van der Waals surface area contributed by atoms with Crippen LogP contribution in [0.1, 0.15) is 19.3 Å². The molecule has 2 nitrogen and oxygen atoms in total. The molecule has 0 bridgehead atoms. The van der Waals surface area contributed by atoms with Gasteiger partial charge in [-0.25, -0.2) is 0 Å². The molecule has 50 valence electrons. The average Bonchev–Trinajstić information content (AvgIpc) is 2.34. The smallest absolute Gasteiger partial charge is 0.0261 e. The number of hydrogen-bond acceptors (Lipinski definition) is 2. The molecule has 1 rings (SSSR count). The fourth-order valence-corrected chi connectivity index (χ4v) is 1.11. The van der Waals surface area contributed by atoms with Crippen molar-refractivity contribution < 1.29 is 0 Å². The first-order valence-corrected chi connectivity index (χ1v) is 3.35. The van der Waals surface area contributed by atoms with Gasteiger partial charge in [0.1, 0.15) is 0 Å². The van der Waals surface area contributed by atoms with Crippen LogP contribution in [-0.2, 0) is 0 Å². The van der Waals surface area contributed by atoms with Crippen LogP contribution in [0.3, 0.4) is 0 Å². The molecule has 0 aliphatic carbocycles. The maximum Gasteiger partial charge on any atom is 0.0261 e. The van der Waals surface area contributed by atoms with Crippen LogP contribution in [0.25, 0.3) is 0 Å². The molecule has 1 fully saturated rings. The first-order chi connectivity index (χ1) is 4.43. The van der Waals surface area contributed by atoms with Gasteiger partial charge in [-0.3, -0.25) is 0 Å². The third-order valence-corrected chi connectivity index (χ3v) is 1.61. The molecule has 0 aromatic heterocycles. The Morgan fingerprint density at radius 2 is 2.56 bits per heavy atom. The zero-order chi connectivity index (χ0) is 6.53. The lowest BCUT2D eigenvalue weighted by Crippen LogP contribution is -2.20. The van der Waals surface area contributed by atoms with Crippen LogP contribution in [0.5, 0.6) is 0 Å². The summed E-state index contributed by atoms with van der Waals surface area (Å²) < 4.78 is 0. The van der Waals surface area contributed by atoms with Crippen molar-refractivity contribution in [3.8, 4) is 12.0 Å². The second kappa shape index (κ2) is 3.37. The van der Waals surface area contributed by atoms with Gasteiger partial charge in [-0.2, -0.15) is 0 Å². The van der Waals surface area contributed by atoms with Crippen LogP contribution in [-0.4, -0.2) is 12.6 Å². The number of rotatable bonds is 1. The highest BCUT2D eigenvalue weighted by Crippen LogP contribution is 2.06. The molecule has 1 atom stereocenters. The van der Waals surface area contributed by atoms with Crippen LogP contribution in [0, 0.1) is 12.0 Å². The summed E-state index contributed by atoms with van der Waals surface area (Å²) in [7, 11) is 0. The maximum absolute atomic E-state index is 5.02. The predicted octanol–water partition coefficient (Wildman–Crippen LogP) is 0.0481. The van der Waals surface area contributed by atoms with E-state index in [1.807, 2.05) is 0 Å². The molecule has 1 unspecified atom stereocenters. The third kappa shape index (κ3) is 1.95. The second-order valence-corrected chi connectivity index (χ2v) is 2.32. The minimum absolute atomic E-state index is 0.612. The lowest BCUT2D eigenvalue weighted by Gasteiger charge is -2.01. The zero-order valence-corrected chi connectivity index (χ0v) is 5.48. The van der Waals surface area contributed by atoms with Crippen molar-refractivity contribution in [3.63, 3.8) is 0 Å². The van der Waals surface area contributed by atoms with Crippen LogP contribution in [0.15, 0.2) is 0 Å². The Labute approximate surface area is 55.8 Å². The molecule has 2 heteroatoms. The van der Waals surface area contributed by atoms with Crippen molar-refractivity contribution in [2.45, 2.75) is 25.3 Å². The van der Waals surface area contributed by atoms with Gasteiger partial charge in [0, 0.05) is 18.5 Å². The molecule has 0 radical (unpaired) electrons. The highest BCUT2D eigenvalue weighted by atomic mass is 14.9. The molecule has 0 spiro atoms. The van der Waals surface area contributed by atoms with Crippen LogP contribution >= 0.6 is 0 Å². The topological polar surface area (TPSA) is 38.0 Å². The Kier molecular flexibility index (Phi) is 2.41. The summed E-state index contributed by atoms with van der Waals surface area (Å²) in [6.07, 6.45) is 3.46. The SMILES string of the molecule is NC#CCC1CCCN1. The monoisotopic (exact) mass is 124 g/mol. The van der Waals surface area contributed by atoms with Crippen molar-refractivity contribution in [1.82, 2.24) is 5.32 Å². The van der Waals surface area contributed by atoms with E-state index in [2.05, 4.69) is 17.3 Å². The molecular formula is C7H12N2. The van der Waals surface area contributed by atoms with Crippen molar-refractivity contribution in [2.75, 3.05) is 6.54 Å². The van der Waals surface area contributed by atoms with Gasteiger partial charge in [0.15, 0.2) is 0 Å². The Morgan fingerprint density at radius 1 is 1.67 bits per heavy atom. The molecule has 1 saturated heterocycles. The largest absolute Gasteiger partial charge is 0.359 e. The summed E-state index contributed by atoms with van der Waals surface area (Å²) in [6.45, 7) is 1.15. The van der Waals surface area contributed by atoms with E-state index < -0.39 is 0 Å². The Hall–Kier alpha value is -0.680. The van der Waals surface area contributed by atoms with E-state index in [1.54, 1.807) is 0 Å². The Morgan fingerprint density at radius 3 is 3.11 bits per heavy atom. The zero-order valence-electron chi connectivity index (χ0n) is 5.48. The standard InChI is InChI=1S/C7H12N2/c8-5-1-3-7-4-2-6-9-7/h7,9H,2-4,6,8H2. The summed E-state index contributed by atoms with van der Waals surface area (Å²) >= 11 is 0. The lowest BCUT2D eigenvalue weighted by atomic mass is 10.2. The Balaban J connectivity index is 2.16. The average molecular weight is 124 g/mol. The van der Waals surface area contributed by atoms with Gasteiger partial charge in [0.2, 0.25) is 0 Å². The fourth-order valence-electron chi connectivity index (χ4n) is 1.11. The molecule has 3 N–H and O–H groups in total. The van der Waals surface area contributed by atoms with Gasteiger partial charge in [-0.1, -0.05) is 5.92 Å². The predicted molar refractivity (Wildman–Crippen MR) is 37.6 cm³/mol. The van der Waals surface area contributed by atoms with Gasteiger partial charge in [-0.15, -0.1) is 0 Å². The van der Waals surface area contributed by atoms with Gasteiger partial charge in [-0.05, 0) is 19.4 Å². The molecule has 1 heterocycles. The lowest BCUT2D eigenvalue weighted by molar-refractivity contribution is 0.623. The van der Waals surface area contributed by atoms with E-state index in [4.69, 9.17) is 5.73 Å². The molecule has 1 aliphatic rings. The number of nitrogens with two attached hydrogens (primary N) is 1. The van der Waals surface area contributed by atoms with Crippen molar-refractivity contribution in [3.05, 3.63) is 0 Å². The number of nitrogens with one attached hydrogen (secondary N) is 1. The molecule has 0 aromatic carbocycles. The van der Waals surface area contributed by atoms with Crippen LogP contribution < -0.4 is 11.1 Å². The summed E-state index contributed by atoms with van der Waals surface area (Å²) in [5.74, 6) is 2.86. The van der Waals surface area contributed by atoms with Crippen molar-refractivity contribution in [1.29, 1.82) is 0 Å². The van der Waals surface area contributed by atoms with Gasteiger partial charge in [0.05, 0.1) is 0 Å². The van der Waals surface area contributed by atoms with Crippen molar-refractivity contribution >= 4 is 0 Å². The van der Waals surface area contributed by atoms with E-state index in [0.29, 0.717) is 6.04 Å². The van der Waals surface area contributed by atoms with E-state index in [0.717, 1.165) is 13.0 Å². The molecule has 0 aromatic rings. The van der Waals surface area contributed by atoms with Crippen molar-refractivity contribution in [2.24, 2.45) is 5.73 Å². The third-order valence-electron chi connectivity index (χ3n) is 1.61.